The van der Waals surface area contributed by atoms with Gasteiger partial charge >= 0.3 is 6.18 Å². The number of hydrogen-bond acceptors (Lipinski definition) is 5. The Kier molecular flexibility index (Phi) is 5.60. The minimum absolute atomic E-state index is 0.0945. The van der Waals surface area contributed by atoms with Gasteiger partial charge in [-0.25, -0.2) is 4.98 Å². The fraction of sp³-hybridized carbons (Fsp3) is 0.565. The summed E-state index contributed by atoms with van der Waals surface area (Å²) in [6.07, 6.45) is 3.77. The highest BCUT2D eigenvalue weighted by molar-refractivity contribution is 5.24. The molecule has 2 saturated heterocycles. The fourth-order valence-corrected chi connectivity index (χ4v) is 4.72. The van der Waals surface area contributed by atoms with Crippen LogP contribution >= 0.6 is 0 Å². The summed E-state index contributed by atoms with van der Waals surface area (Å²) in [5.41, 5.74) is 1.38. The number of aromatic nitrogens is 2. The molecule has 3 fully saturated rings. The molecule has 8 heteroatoms. The Morgan fingerprint density at radius 3 is 2.48 bits per heavy atom. The molecule has 0 bridgehead atoms. The van der Waals surface area contributed by atoms with Gasteiger partial charge in [0.05, 0.1) is 23.7 Å². The topological polar surface area (TPSA) is 41.5 Å². The van der Waals surface area contributed by atoms with Crippen LogP contribution in [0.1, 0.15) is 48.4 Å². The van der Waals surface area contributed by atoms with Gasteiger partial charge in [0.25, 0.3) is 0 Å². The summed E-state index contributed by atoms with van der Waals surface area (Å²) in [4.78, 5) is 13.8. The van der Waals surface area contributed by atoms with E-state index in [1.54, 1.807) is 18.3 Å². The molecule has 1 aliphatic carbocycles. The van der Waals surface area contributed by atoms with Gasteiger partial charge in [0.15, 0.2) is 0 Å². The van der Waals surface area contributed by atoms with E-state index in [1.165, 1.54) is 25.0 Å². The van der Waals surface area contributed by atoms with E-state index in [0.29, 0.717) is 24.4 Å². The summed E-state index contributed by atoms with van der Waals surface area (Å²) in [6.45, 7) is 4.41. The Bertz CT molecular complexity index is 883. The third kappa shape index (κ3) is 5.01. The second-order valence-corrected chi connectivity index (χ2v) is 8.96. The summed E-state index contributed by atoms with van der Waals surface area (Å²) in [7, 11) is 0. The normalized spacial score (nSPS) is 25.3. The Morgan fingerprint density at radius 1 is 1.00 bits per heavy atom. The highest BCUT2D eigenvalue weighted by atomic mass is 19.4. The number of hydrogen-bond donors (Lipinski definition) is 0. The molecule has 31 heavy (non-hydrogen) atoms. The van der Waals surface area contributed by atoms with Crippen molar-refractivity contribution in [2.75, 3.05) is 26.2 Å². The van der Waals surface area contributed by atoms with Crippen LogP contribution in [0.4, 0.5) is 13.2 Å². The molecule has 1 aromatic carbocycles. The Labute approximate surface area is 180 Å². The fourth-order valence-electron chi connectivity index (χ4n) is 4.72. The van der Waals surface area contributed by atoms with E-state index in [2.05, 4.69) is 19.8 Å². The molecule has 1 saturated carbocycles. The van der Waals surface area contributed by atoms with Gasteiger partial charge in [-0.2, -0.15) is 13.2 Å². The summed E-state index contributed by atoms with van der Waals surface area (Å²) < 4.78 is 44.5. The van der Waals surface area contributed by atoms with Crippen molar-refractivity contribution in [2.24, 2.45) is 0 Å². The van der Waals surface area contributed by atoms with E-state index in [0.717, 1.165) is 50.3 Å². The minimum atomic E-state index is -4.29. The maximum Gasteiger partial charge on any atom is 0.416 e. The first-order valence-corrected chi connectivity index (χ1v) is 11.1. The van der Waals surface area contributed by atoms with Crippen LogP contribution in [0.15, 0.2) is 36.7 Å². The number of nitrogens with zero attached hydrogens (tertiary/aromatic N) is 4. The average molecular weight is 432 g/mol. The van der Waals surface area contributed by atoms with E-state index in [4.69, 9.17) is 4.74 Å². The number of ether oxygens (including phenoxy) is 1. The van der Waals surface area contributed by atoms with Gasteiger partial charge in [-0.15, -0.1) is 0 Å². The third-order valence-electron chi connectivity index (χ3n) is 6.50. The van der Waals surface area contributed by atoms with E-state index in [-0.39, 0.29) is 6.10 Å². The van der Waals surface area contributed by atoms with Crippen molar-refractivity contribution in [3.8, 4) is 5.88 Å². The predicted molar refractivity (Wildman–Crippen MR) is 110 cm³/mol. The molecule has 2 atom stereocenters. The van der Waals surface area contributed by atoms with Crippen LogP contribution in [0.3, 0.4) is 0 Å². The van der Waals surface area contributed by atoms with Gasteiger partial charge in [0.2, 0.25) is 5.88 Å². The van der Waals surface area contributed by atoms with Crippen molar-refractivity contribution >= 4 is 0 Å². The van der Waals surface area contributed by atoms with E-state index in [9.17, 15) is 13.2 Å². The van der Waals surface area contributed by atoms with Crippen molar-refractivity contribution in [2.45, 2.75) is 56.5 Å². The Balaban J connectivity index is 1.17. The molecule has 0 N–H and O–H groups in total. The molecule has 5 rings (SSSR count). The maximum absolute atomic E-state index is 12.8. The number of rotatable bonds is 5. The molecule has 3 heterocycles. The maximum atomic E-state index is 12.8. The quantitative estimate of drug-likeness (QED) is 0.712. The number of benzene rings is 1. The number of halogens is 3. The van der Waals surface area contributed by atoms with Crippen molar-refractivity contribution in [1.29, 1.82) is 0 Å². The van der Waals surface area contributed by atoms with Gasteiger partial charge < -0.3 is 4.74 Å². The van der Waals surface area contributed by atoms with E-state index >= 15 is 0 Å². The standard InChI is InChI=1S/C23H27F3N4O/c24-23(25,26)18-6-2-16(3-7-18)13-29-8-1-9-30-15-20(10-19(30)14-29)31-22-12-27-21(11-28-22)17-4-5-17/h2-3,6-7,11-12,17,19-20H,1,4-5,8-10,13-15H2/t19-,20-/m0/s1. The molecule has 0 radical (unpaired) electrons. The molecule has 1 aromatic heterocycles. The van der Waals surface area contributed by atoms with E-state index < -0.39 is 11.7 Å². The highest BCUT2D eigenvalue weighted by Gasteiger charge is 2.36. The smallest absolute Gasteiger partial charge is 0.416 e. The predicted octanol–water partition coefficient (Wildman–Crippen LogP) is 4.10. The van der Waals surface area contributed by atoms with Crippen LogP contribution in [0.2, 0.25) is 0 Å². The van der Waals surface area contributed by atoms with Crippen LogP contribution in [0, 0.1) is 0 Å². The van der Waals surface area contributed by atoms with Gasteiger partial charge in [-0.1, -0.05) is 12.1 Å². The number of alkyl halides is 3. The lowest BCUT2D eigenvalue weighted by Gasteiger charge is -2.25. The van der Waals surface area contributed by atoms with Gasteiger partial charge in [0.1, 0.15) is 6.10 Å². The molecule has 0 amide bonds. The van der Waals surface area contributed by atoms with Crippen LogP contribution < -0.4 is 4.74 Å². The largest absolute Gasteiger partial charge is 0.472 e. The molecule has 3 aliphatic rings. The van der Waals surface area contributed by atoms with Gasteiger partial charge in [-0.05, 0) is 50.0 Å². The second kappa shape index (κ2) is 8.39. The van der Waals surface area contributed by atoms with Crippen molar-refractivity contribution < 1.29 is 17.9 Å². The van der Waals surface area contributed by atoms with Crippen molar-refractivity contribution in [1.82, 2.24) is 19.8 Å². The lowest BCUT2D eigenvalue weighted by atomic mass is 10.1. The van der Waals surface area contributed by atoms with Crippen molar-refractivity contribution in [3.05, 3.63) is 53.5 Å². The SMILES string of the molecule is FC(F)(F)c1ccc(CN2CCCN3C[C@@H](Oc4cnc(C5CC5)cn4)C[C@H]3C2)cc1. The Morgan fingerprint density at radius 2 is 1.81 bits per heavy atom. The lowest BCUT2D eigenvalue weighted by Crippen LogP contribution is -2.36. The summed E-state index contributed by atoms with van der Waals surface area (Å²) in [5, 5.41) is 0. The zero-order chi connectivity index (χ0) is 21.4. The van der Waals surface area contributed by atoms with Crippen molar-refractivity contribution in [3.63, 3.8) is 0 Å². The number of fused-ring (bicyclic) bond motifs is 1. The van der Waals surface area contributed by atoms with Gasteiger partial charge in [0, 0.05) is 38.0 Å². The van der Waals surface area contributed by atoms with Crippen LogP contribution in [0.25, 0.3) is 0 Å². The molecule has 166 valence electrons. The van der Waals surface area contributed by atoms with Crippen LogP contribution in [-0.4, -0.2) is 58.1 Å². The summed E-state index contributed by atoms with van der Waals surface area (Å²) in [5.74, 6) is 1.18. The van der Waals surface area contributed by atoms with E-state index in [1.807, 2.05) is 6.20 Å². The monoisotopic (exact) mass is 432 g/mol. The first-order valence-electron chi connectivity index (χ1n) is 11.1. The molecule has 2 aliphatic heterocycles. The summed E-state index contributed by atoms with van der Waals surface area (Å²) in [6, 6.07) is 5.93. The first-order chi connectivity index (χ1) is 14.9. The molecule has 0 unspecified atom stereocenters. The first kappa shape index (κ1) is 20.7. The summed E-state index contributed by atoms with van der Waals surface area (Å²) >= 11 is 0. The molecule has 0 spiro atoms. The average Bonchev–Trinajstić information content (AvgIpc) is 3.54. The molecular formula is C23H27F3N4O. The highest BCUT2D eigenvalue weighted by Crippen LogP contribution is 2.38. The third-order valence-corrected chi connectivity index (χ3v) is 6.50. The molecule has 5 nitrogen and oxygen atoms in total. The van der Waals surface area contributed by atoms with Gasteiger partial charge in [-0.3, -0.25) is 14.8 Å². The minimum Gasteiger partial charge on any atom is -0.472 e. The molecule has 2 aromatic rings. The zero-order valence-corrected chi connectivity index (χ0v) is 17.4. The zero-order valence-electron chi connectivity index (χ0n) is 17.4. The second-order valence-electron chi connectivity index (χ2n) is 8.96. The van der Waals surface area contributed by atoms with Crippen LogP contribution in [-0.2, 0) is 12.7 Å². The lowest BCUT2D eigenvalue weighted by molar-refractivity contribution is -0.137. The van der Waals surface area contributed by atoms with Crippen LogP contribution in [0.5, 0.6) is 5.88 Å². The Hall–Kier alpha value is -2.19. The molecular weight excluding hydrogens is 405 g/mol.